The summed E-state index contributed by atoms with van der Waals surface area (Å²) in [5.74, 6) is 1.08. The molecule has 2 saturated heterocycles. The predicted octanol–water partition coefficient (Wildman–Crippen LogP) is 1.57. The Balaban J connectivity index is 1.87. The summed E-state index contributed by atoms with van der Waals surface area (Å²) in [6.45, 7) is 5.08. The van der Waals surface area contributed by atoms with Crippen LogP contribution in [0.3, 0.4) is 0 Å². The summed E-state index contributed by atoms with van der Waals surface area (Å²) in [6.07, 6.45) is 7.08. The van der Waals surface area contributed by atoms with Crippen molar-refractivity contribution < 1.29 is 4.74 Å². The Kier molecular flexibility index (Phi) is 5.18. The first-order valence-corrected chi connectivity index (χ1v) is 8.11. The lowest BCUT2D eigenvalue weighted by molar-refractivity contribution is 0.0781. The highest BCUT2D eigenvalue weighted by Crippen LogP contribution is 2.33. The van der Waals surface area contributed by atoms with Gasteiger partial charge in [0.05, 0.1) is 0 Å². The van der Waals surface area contributed by atoms with Gasteiger partial charge in [-0.1, -0.05) is 0 Å². The van der Waals surface area contributed by atoms with E-state index < -0.39 is 0 Å². The van der Waals surface area contributed by atoms with Gasteiger partial charge in [-0.2, -0.15) is 11.8 Å². The molecule has 0 spiro atoms. The summed E-state index contributed by atoms with van der Waals surface area (Å²) in [7, 11) is 1.89. The van der Waals surface area contributed by atoms with E-state index in [4.69, 9.17) is 4.74 Å². The summed E-state index contributed by atoms with van der Waals surface area (Å²) < 4.78 is 5.81. The van der Waals surface area contributed by atoms with Crippen LogP contribution in [0.25, 0.3) is 0 Å². The fourth-order valence-corrected chi connectivity index (χ4v) is 3.49. The number of nitrogens with zero attached hydrogens (tertiary/aromatic N) is 2. The molecule has 2 aliphatic rings. The average molecular weight is 271 g/mol. The molecule has 0 radical (unpaired) electrons. The van der Waals surface area contributed by atoms with Crippen LogP contribution in [0.1, 0.15) is 25.7 Å². The molecule has 0 aromatic heterocycles. The number of hydrogen-bond acceptors (Lipinski definition) is 3. The van der Waals surface area contributed by atoms with Gasteiger partial charge in [0.25, 0.3) is 0 Å². The second-order valence-electron chi connectivity index (χ2n) is 5.09. The van der Waals surface area contributed by atoms with E-state index >= 15 is 0 Å². The summed E-state index contributed by atoms with van der Waals surface area (Å²) in [5, 5.41) is 3.57. The van der Waals surface area contributed by atoms with Gasteiger partial charge in [0.2, 0.25) is 0 Å². The Morgan fingerprint density at radius 1 is 1.33 bits per heavy atom. The summed E-state index contributed by atoms with van der Waals surface area (Å²) in [5.41, 5.74) is 0. The highest BCUT2D eigenvalue weighted by atomic mass is 32.2. The Labute approximate surface area is 115 Å². The van der Waals surface area contributed by atoms with Crippen LogP contribution in [0, 0.1) is 0 Å². The number of nitrogens with one attached hydrogen (secondary N) is 1. The normalized spacial score (nSPS) is 24.3. The number of hydrogen-bond donors (Lipinski definition) is 1. The molecule has 104 valence electrons. The third-order valence-corrected chi connectivity index (χ3v) is 5.44. The van der Waals surface area contributed by atoms with Gasteiger partial charge in [0, 0.05) is 44.6 Å². The maximum atomic E-state index is 5.48. The van der Waals surface area contributed by atoms with E-state index in [1.54, 1.807) is 0 Å². The molecule has 0 aromatic carbocycles. The second-order valence-corrected chi connectivity index (χ2v) is 6.37. The van der Waals surface area contributed by atoms with Crippen LogP contribution in [-0.4, -0.2) is 61.8 Å². The van der Waals surface area contributed by atoms with Gasteiger partial charge in [-0.3, -0.25) is 4.99 Å². The molecule has 2 fully saturated rings. The third-order valence-electron chi connectivity index (χ3n) is 4.02. The monoisotopic (exact) mass is 271 g/mol. The smallest absolute Gasteiger partial charge is 0.193 e. The second kappa shape index (κ2) is 6.66. The SMILES string of the molecule is CN=C(NCC1(SC)CCOCC1)N1CCCC1. The topological polar surface area (TPSA) is 36.9 Å². The van der Waals surface area contributed by atoms with Gasteiger partial charge in [-0.05, 0) is 31.9 Å². The van der Waals surface area contributed by atoms with Crippen molar-refractivity contribution in [2.24, 2.45) is 4.99 Å². The average Bonchev–Trinajstić information content (AvgIpc) is 2.95. The molecule has 0 aliphatic carbocycles. The molecular formula is C13H25N3OS. The van der Waals surface area contributed by atoms with Gasteiger partial charge in [-0.25, -0.2) is 0 Å². The zero-order valence-electron chi connectivity index (χ0n) is 11.6. The highest BCUT2D eigenvalue weighted by Gasteiger charge is 2.32. The lowest BCUT2D eigenvalue weighted by Gasteiger charge is -2.36. The predicted molar refractivity (Wildman–Crippen MR) is 78.5 cm³/mol. The van der Waals surface area contributed by atoms with E-state index in [0.717, 1.165) is 51.6 Å². The molecular weight excluding hydrogens is 246 g/mol. The van der Waals surface area contributed by atoms with Crippen LogP contribution in [0.2, 0.25) is 0 Å². The van der Waals surface area contributed by atoms with Crippen LogP contribution in [0.15, 0.2) is 4.99 Å². The Hall–Kier alpha value is -0.420. The molecule has 0 unspecified atom stereocenters. The van der Waals surface area contributed by atoms with Crippen LogP contribution >= 0.6 is 11.8 Å². The fraction of sp³-hybridized carbons (Fsp3) is 0.923. The Morgan fingerprint density at radius 2 is 2.00 bits per heavy atom. The molecule has 4 nitrogen and oxygen atoms in total. The number of likely N-dealkylation sites (tertiary alicyclic amines) is 1. The van der Waals surface area contributed by atoms with Crippen molar-refractivity contribution in [1.29, 1.82) is 0 Å². The summed E-state index contributed by atoms with van der Waals surface area (Å²) in [6, 6.07) is 0. The van der Waals surface area contributed by atoms with Crippen LogP contribution in [0.5, 0.6) is 0 Å². The van der Waals surface area contributed by atoms with Gasteiger partial charge < -0.3 is 15.0 Å². The zero-order valence-corrected chi connectivity index (χ0v) is 12.4. The fourth-order valence-electron chi connectivity index (χ4n) is 2.70. The molecule has 1 N–H and O–H groups in total. The standard InChI is InChI=1S/C13H25N3OS/c1-14-12(16-7-3-4-8-16)15-11-13(18-2)5-9-17-10-6-13/h3-11H2,1-2H3,(H,14,15). The van der Waals surface area contributed by atoms with E-state index in [-0.39, 0.29) is 0 Å². The van der Waals surface area contributed by atoms with E-state index in [1.807, 2.05) is 18.8 Å². The molecule has 0 atom stereocenters. The van der Waals surface area contributed by atoms with Crippen LogP contribution < -0.4 is 5.32 Å². The highest BCUT2D eigenvalue weighted by molar-refractivity contribution is 8.00. The molecule has 0 bridgehead atoms. The minimum atomic E-state index is 0.327. The minimum absolute atomic E-state index is 0.327. The number of rotatable bonds is 3. The van der Waals surface area contributed by atoms with Crippen molar-refractivity contribution in [2.45, 2.75) is 30.4 Å². The zero-order chi connectivity index (χ0) is 12.8. The number of ether oxygens (including phenoxy) is 1. The molecule has 0 amide bonds. The van der Waals surface area contributed by atoms with E-state index in [0.29, 0.717) is 4.75 Å². The first-order chi connectivity index (χ1) is 8.79. The molecule has 5 heteroatoms. The van der Waals surface area contributed by atoms with Crippen molar-refractivity contribution >= 4 is 17.7 Å². The molecule has 2 aliphatic heterocycles. The van der Waals surface area contributed by atoms with Gasteiger partial charge in [-0.15, -0.1) is 0 Å². The summed E-state index contributed by atoms with van der Waals surface area (Å²) >= 11 is 1.97. The van der Waals surface area contributed by atoms with Crippen molar-refractivity contribution in [1.82, 2.24) is 10.2 Å². The quantitative estimate of drug-likeness (QED) is 0.624. The molecule has 18 heavy (non-hydrogen) atoms. The molecule has 0 saturated carbocycles. The van der Waals surface area contributed by atoms with Crippen LogP contribution in [-0.2, 0) is 4.74 Å². The molecule has 0 aromatic rings. The first kappa shape index (κ1) is 14.0. The first-order valence-electron chi connectivity index (χ1n) is 6.88. The molecule has 2 heterocycles. The Morgan fingerprint density at radius 3 is 2.56 bits per heavy atom. The third kappa shape index (κ3) is 3.32. The minimum Gasteiger partial charge on any atom is -0.381 e. The van der Waals surface area contributed by atoms with Gasteiger partial charge in [0.1, 0.15) is 0 Å². The lowest BCUT2D eigenvalue weighted by Crippen LogP contribution is -2.48. The maximum Gasteiger partial charge on any atom is 0.193 e. The lowest BCUT2D eigenvalue weighted by atomic mass is 9.99. The Bertz CT molecular complexity index is 284. The van der Waals surface area contributed by atoms with Gasteiger partial charge >= 0.3 is 0 Å². The van der Waals surface area contributed by atoms with E-state index in [9.17, 15) is 0 Å². The van der Waals surface area contributed by atoms with Crippen molar-refractivity contribution in [2.75, 3.05) is 46.2 Å². The van der Waals surface area contributed by atoms with E-state index in [2.05, 4.69) is 21.5 Å². The van der Waals surface area contributed by atoms with Crippen LogP contribution in [0.4, 0.5) is 0 Å². The number of thioether (sulfide) groups is 1. The molecule has 2 rings (SSSR count). The largest absolute Gasteiger partial charge is 0.381 e. The maximum absolute atomic E-state index is 5.48. The number of aliphatic imine (C=N–C) groups is 1. The summed E-state index contributed by atoms with van der Waals surface area (Å²) in [4.78, 5) is 6.78. The van der Waals surface area contributed by atoms with Crippen molar-refractivity contribution in [3.63, 3.8) is 0 Å². The van der Waals surface area contributed by atoms with Gasteiger partial charge in [0.15, 0.2) is 5.96 Å². The number of guanidine groups is 1. The van der Waals surface area contributed by atoms with Crippen molar-refractivity contribution in [3.8, 4) is 0 Å². The van der Waals surface area contributed by atoms with Crippen molar-refractivity contribution in [3.05, 3.63) is 0 Å². The van der Waals surface area contributed by atoms with E-state index in [1.165, 1.54) is 12.8 Å².